The van der Waals surface area contributed by atoms with E-state index in [0.29, 0.717) is 12.5 Å². The van der Waals surface area contributed by atoms with Crippen molar-refractivity contribution in [2.24, 2.45) is 0 Å². The molecule has 0 aliphatic heterocycles. The Hall–Kier alpha value is -2.42. The van der Waals surface area contributed by atoms with Crippen molar-refractivity contribution in [2.75, 3.05) is 5.32 Å². The Kier molecular flexibility index (Phi) is 3.99. The maximum Gasteiger partial charge on any atom is 0.272 e. The average molecular weight is 296 g/mol. The third kappa shape index (κ3) is 2.94. The number of halogens is 1. The van der Waals surface area contributed by atoms with Crippen LogP contribution in [-0.2, 0) is 6.42 Å². The van der Waals surface area contributed by atoms with Crippen LogP contribution in [0.2, 0.25) is 0 Å². The molecule has 2 aromatic rings. The topological polar surface area (TPSA) is 98.0 Å². The largest absolute Gasteiger partial charge is 0.296 e. The Morgan fingerprint density at radius 2 is 2.25 bits per heavy atom. The number of amides is 1. The summed E-state index contributed by atoms with van der Waals surface area (Å²) in [6.07, 6.45) is 0.680. The summed E-state index contributed by atoms with van der Waals surface area (Å²) in [6.45, 7) is 1.89. The molecule has 0 fully saturated rings. The summed E-state index contributed by atoms with van der Waals surface area (Å²) in [6, 6.07) is 2.83. The molecular weight excluding hydrogens is 287 g/mol. The molecule has 7 nitrogen and oxygen atoms in total. The maximum atomic E-state index is 13.6. The minimum atomic E-state index is -0.961. The number of carbonyl (C=O) groups excluding carboxylic acids is 1. The second-order valence-electron chi connectivity index (χ2n) is 3.73. The number of nitrogens with zero attached hydrogens (tertiary/aromatic N) is 3. The Balaban J connectivity index is 2.18. The first-order valence-corrected chi connectivity index (χ1v) is 6.40. The fourth-order valence-electron chi connectivity index (χ4n) is 1.41. The summed E-state index contributed by atoms with van der Waals surface area (Å²) in [5, 5.41) is 21.4. The van der Waals surface area contributed by atoms with Crippen LogP contribution in [0.1, 0.15) is 22.3 Å². The highest BCUT2D eigenvalue weighted by Crippen LogP contribution is 2.20. The summed E-state index contributed by atoms with van der Waals surface area (Å²) in [7, 11) is 0. The number of hydrogen-bond acceptors (Lipinski definition) is 6. The number of nitro groups is 1. The standard InChI is InChI=1S/C11H9FN4O3S/c1-2-9-14-15-11(20-9)13-10(17)7-4-3-6(16(18)19)5-8(7)12/h3-5H,2H2,1H3,(H,13,15,17). The van der Waals surface area contributed by atoms with Crippen LogP contribution >= 0.6 is 11.3 Å². The van der Waals surface area contributed by atoms with Gasteiger partial charge in [0.1, 0.15) is 10.8 Å². The minimum absolute atomic E-state index is 0.254. The lowest BCUT2D eigenvalue weighted by Crippen LogP contribution is -2.13. The molecule has 0 aliphatic rings. The van der Waals surface area contributed by atoms with Gasteiger partial charge >= 0.3 is 0 Å². The van der Waals surface area contributed by atoms with E-state index >= 15 is 0 Å². The summed E-state index contributed by atoms with van der Waals surface area (Å²) < 4.78 is 13.6. The predicted octanol–water partition coefficient (Wildman–Crippen LogP) is 2.40. The molecule has 0 atom stereocenters. The summed E-state index contributed by atoms with van der Waals surface area (Å²) in [5.41, 5.74) is -0.702. The fourth-order valence-corrected chi connectivity index (χ4v) is 2.09. The van der Waals surface area contributed by atoms with Gasteiger partial charge in [-0.05, 0) is 12.5 Å². The van der Waals surface area contributed by atoms with Crippen LogP contribution in [0.5, 0.6) is 0 Å². The molecule has 0 saturated carbocycles. The van der Waals surface area contributed by atoms with Crippen molar-refractivity contribution in [3.63, 3.8) is 0 Å². The number of anilines is 1. The van der Waals surface area contributed by atoms with E-state index in [4.69, 9.17) is 0 Å². The first kappa shape index (κ1) is 14.0. The van der Waals surface area contributed by atoms with Gasteiger partial charge in [-0.15, -0.1) is 10.2 Å². The normalized spacial score (nSPS) is 10.3. The summed E-state index contributed by atoms with van der Waals surface area (Å²) in [4.78, 5) is 21.6. The summed E-state index contributed by atoms with van der Waals surface area (Å²) in [5.74, 6) is -1.69. The molecule has 0 aliphatic carbocycles. The number of rotatable bonds is 4. The first-order chi connectivity index (χ1) is 9.51. The molecule has 9 heteroatoms. The van der Waals surface area contributed by atoms with E-state index < -0.39 is 22.3 Å². The van der Waals surface area contributed by atoms with Crippen molar-refractivity contribution >= 4 is 28.1 Å². The van der Waals surface area contributed by atoms with E-state index in [1.807, 2.05) is 6.92 Å². The zero-order chi connectivity index (χ0) is 14.7. The zero-order valence-corrected chi connectivity index (χ0v) is 11.1. The van der Waals surface area contributed by atoms with Gasteiger partial charge in [-0.25, -0.2) is 4.39 Å². The molecule has 1 aromatic heterocycles. The number of aromatic nitrogens is 2. The highest BCUT2D eigenvalue weighted by molar-refractivity contribution is 7.15. The van der Waals surface area contributed by atoms with Crippen molar-refractivity contribution in [2.45, 2.75) is 13.3 Å². The smallest absolute Gasteiger partial charge is 0.272 e. The van der Waals surface area contributed by atoms with Gasteiger partial charge in [0, 0.05) is 6.07 Å². The van der Waals surface area contributed by atoms with Gasteiger partial charge < -0.3 is 0 Å². The molecule has 1 amide bonds. The molecule has 0 spiro atoms. The third-order valence-electron chi connectivity index (χ3n) is 2.40. The predicted molar refractivity (Wildman–Crippen MR) is 70.3 cm³/mol. The SMILES string of the molecule is CCc1nnc(NC(=O)c2ccc([N+](=O)[O-])cc2F)s1. The number of non-ortho nitro benzene ring substituents is 1. The molecule has 20 heavy (non-hydrogen) atoms. The second kappa shape index (κ2) is 5.70. The number of carbonyl (C=O) groups is 1. The van der Waals surface area contributed by atoms with E-state index in [1.54, 1.807) is 0 Å². The van der Waals surface area contributed by atoms with Gasteiger partial charge in [0.25, 0.3) is 11.6 Å². The number of benzene rings is 1. The molecular formula is C11H9FN4O3S. The van der Waals surface area contributed by atoms with E-state index in [2.05, 4.69) is 15.5 Å². The van der Waals surface area contributed by atoms with Crippen molar-refractivity contribution in [1.29, 1.82) is 0 Å². The van der Waals surface area contributed by atoms with Crippen LogP contribution in [0.4, 0.5) is 15.2 Å². The van der Waals surface area contributed by atoms with Gasteiger partial charge in [-0.1, -0.05) is 18.3 Å². The van der Waals surface area contributed by atoms with E-state index in [1.165, 1.54) is 11.3 Å². The summed E-state index contributed by atoms with van der Waals surface area (Å²) >= 11 is 1.18. The number of hydrogen-bond donors (Lipinski definition) is 1. The van der Waals surface area contributed by atoms with Crippen LogP contribution in [0, 0.1) is 15.9 Å². The van der Waals surface area contributed by atoms with Crippen LogP contribution in [0.15, 0.2) is 18.2 Å². The lowest BCUT2D eigenvalue weighted by Gasteiger charge is -2.02. The number of aryl methyl sites for hydroxylation is 1. The van der Waals surface area contributed by atoms with E-state index in [-0.39, 0.29) is 10.7 Å². The third-order valence-corrected chi connectivity index (χ3v) is 3.38. The molecule has 0 bridgehead atoms. The van der Waals surface area contributed by atoms with Gasteiger partial charge in [0.05, 0.1) is 16.6 Å². The monoisotopic (exact) mass is 296 g/mol. The molecule has 2 rings (SSSR count). The molecule has 1 aromatic carbocycles. The Labute approximate surface area is 116 Å². The van der Waals surface area contributed by atoms with E-state index in [9.17, 15) is 19.3 Å². The Morgan fingerprint density at radius 3 is 2.80 bits per heavy atom. The Morgan fingerprint density at radius 1 is 1.50 bits per heavy atom. The average Bonchev–Trinajstić information content (AvgIpc) is 2.85. The minimum Gasteiger partial charge on any atom is -0.296 e. The lowest BCUT2D eigenvalue weighted by atomic mass is 10.2. The quantitative estimate of drug-likeness (QED) is 0.690. The van der Waals surface area contributed by atoms with Crippen molar-refractivity contribution in [3.05, 3.63) is 44.7 Å². The van der Waals surface area contributed by atoms with Gasteiger partial charge in [-0.3, -0.25) is 20.2 Å². The van der Waals surface area contributed by atoms with Crippen LogP contribution < -0.4 is 5.32 Å². The van der Waals surface area contributed by atoms with Crippen molar-refractivity contribution in [1.82, 2.24) is 10.2 Å². The van der Waals surface area contributed by atoms with Crippen molar-refractivity contribution < 1.29 is 14.1 Å². The van der Waals surface area contributed by atoms with Crippen LogP contribution in [-0.4, -0.2) is 21.0 Å². The highest BCUT2D eigenvalue weighted by Gasteiger charge is 2.17. The molecule has 1 heterocycles. The molecule has 0 unspecified atom stereocenters. The highest BCUT2D eigenvalue weighted by atomic mass is 32.1. The number of nitro benzene ring substituents is 1. The van der Waals surface area contributed by atoms with Gasteiger partial charge in [-0.2, -0.15) is 0 Å². The van der Waals surface area contributed by atoms with Crippen LogP contribution in [0.3, 0.4) is 0 Å². The molecule has 1 N–H and O–H groups in total. The fraction of sp³-hybridized carbons (Fsp3) is 0.182. The maximum absolute atomic E-state index is 13.6. The number of nitrogens with one attached hydrogen (secondary N) is 1. The van der Waals surface area contributed by atoms with Crippen LogP contribution in [0.25, 0.3) is 0 Å². The van der Waals surface area contributed by atoms with Gasteiger partial charge in [0.15, 0.2) is 0 Å². The van der Waals surface area contributed by atoms with E-state index in [0.717, 1.165) is 17.1 Å². The molecule has 0 radical (unpaired) electrons. The van der Waals surface area contributed by atoms with Crippen molar-refractivity contribution in [3.8, 4) is 0 Å². The lowest BCUT2D eigenvalue weighted by molar-refractivity contribution is -0.385. The molecule has 104 valence electrons. The first-order valence-electron chi connectivity index (χ1n) is 5.59. The Bertz CT molecular complexity index is 673. The molecule has 0 saturated heterocycles. The second-order valence-corrected chi connectivity index (χ2v) is 4.79. The zero-order valence-electron chi connectivity index (χ0n) is 10.3. The van der Waals surface area contributed by atoms with Gasteiger partial charge in [0.2, 0.25) is 5.13 Å².